The van der Waals surface area contributed by atoms with Gasteiger partial charge in [0.2, 0.25) is 5.65 Å². The summed E-state index contributed by atoms with van der Waals surface area (Å²) in [7, 11) is 0. The quantitative estimate of drug-likeness (QED) is 0.806. The number of ether oxygens (including phenoxy) is 1. The first-order valence-electron chi connectivity index (χ1n) is 5.37. The summed E-state index contributed by atoms with van der Waals surface area (Å²) in [6, 6.07) is 0.301. The van der Waals surface area contributed by atoms with Crippen LogP contribution in [0.1, 0.15) is 13.3 Å². The van der Waals surface area contributed by atoms with Crippen LogP contribution in [0.2, 0.25) is 0 Å². The number of hydrogen-bond acceptors (Lipinski definition) is 5. The van der Waals surface area contributed by atoms with E-state index in [1.807, 2.05) is 10.6 Å². The third-order valence-electron chi connectivity index (χ3n) is 2.91. The van der Waals surface area contributed by atoms with Gasteiger partial charge in [-0.1, -0.05) is 0 Å². The van der Waals surface area contributed by atoms with Gasteiger partial charge in [0, 0.05) is 19.0 Å². The molecule has 0 saturated carbocycles. The third-order valence-corrected chi connectivity index (χ3v) is 2.91. The summed E-state index contributed by atoms with van der Waals surface area (Å²) in [5.74, 6) is 0.766. The largest absolute Gasteiger partial charge is 0.376 e. The van der Waals surface area contributed by atoms with Crippen LogP contribution in [-0.2, 0) is 4.74 Å². The number of fused-ring (bicyclic) bond motifs is 1. The van der Waals surface area contributed by atoms with Crippen molar-refractivity contribution in [1.82, 2.24) is 19.6 Å². The zero-order valence-electron chi connectivity index (χ0n) is 9.00. The van der Waals surface area contributed by atoms with Gasteiger partial charge >= 0.3 is 0 Å². The summed E-state index contributed by atoms with van der Waals surface area (Å²) in [5.41, 5.74) is 0.751. The molecule has 0 aromatic carbocycles. The van der Waals surface area contributed by atoms with Crippen LogP contribution in [0.15, 0.2) is 18.7 Å². The van der Waals surface area contributed by atoms with E-state index in [1.165, 1.54) is 0 Å². The summed E-state index contributed by atoms with van der Waals surface area (Å²) < 4.78 is 7.34. The Bertz CT molecular complexity index is 497. The van der Waals surface area contributed by atoms with E-state index in [0.29, 0.717) is 6.04 Å². The molecule has 0 amide bonds. The van der Waals surface area contributed by atoms with Crippen LogP contribution in [0.3, 0.4) is 0 Å². The standard InChI is InChI=1S/C10H13N5O/c1-7-8(2-5-16-7)13-9-10-14-12-6-15(10)4-3-11-9/h3-4,6-8H,2,5H2,1H3,(H,11,13). The molecule has 1 aliphatic rings. The molecule has 2 atom stereocenters. The second-order valence-electron chi connectivity index (χ2n) is 3.95. The van der Waals surface area contributed by atoms with E-state index in [4.69, 9.17) is 4.74 Å². The van der Waals surface area contributed by atoms with E-state index >= 15 is 0 Å². The van der Waals surface area contributed by atoms with Crippen LogP contribution in [0, 0.1) is 0 Å². The lowest BCUT2D eigenvalue weighted by Gasteiger charge is -2.16. The van der Waals surface area contributed by atoms with Crippen molar-refractivity contribution >= 4 is 11.5 Å². The van der Waals surface area contributed by atoms with Crippen LogP contribution in [-0.4, -0.2) is 38.3 Å². The van der Waals surface area contributed by atoms with Gasteiger partial charge in [-0.05, 0) is 13.3 Å². The first-order chi connectivity index (χ1) is 7.84. The minimum atomic E-state index is 0.213. The van der Waals surface area contributed by atoms with Crippen molar-refractivity contribution < 1.29 is 4.74 Å². The predicted molar refractivity (Wildman–Crippen MR) is 58.2 cm³/mol. The molecule has 2 aromatic heterocycles. The Morgan fingerprint density at radius 1 is 1.56 bits per heavy atom. The predicted octanol–water partition coefficient (Wildman–Crippen LogP) is 0.714. The maximum atomic E-state index is 5.50. The summed E-state index contributed by atoms with van der Waals surface area (Å²) in [6.45, 7) is 2.86. The number of nitrogens with zero attached hydrogens (tertiary/aromatic N) is 4. The Morgan fingerprint density at radius 2 is 2.50 bits per heavy atom. The van der Waals surface area contributed by atoms with Crippen molar-refractivity contribution in [2.75, 3.05) is 11.9 Å². The van der Waals surface area contributed by atoms with E-state index in [0.717, 1.165) is 24.5 Å². The summed E-state index contributed by atoms with van der Waals surface area (Å²) in [4.78, 5) is 4.29. The summed E-state index contributed by atoms with van der Waals surface area (Å²) >= 11 is 0. The molecule has 2 aromatic rings. The van der Waals surface area contributed by atoms with Gasteiger partial charge < -0.3 is 10.1 Å². The van der Waals surface area contributed by atoms with Crippen molar-refractivity contribution in [1.29, 1.82) is 0 Å². The van der Waals surface area contributed by atoms with Crippen molar-refractivity contribution in [2.45, 2.75) is 25.5 Å². The zero-order valence-corrected chi connectivity index (χ0v) is 9.00. The van der Waals surface area contributed by atoms with Gasteiger partial charge in [-0.15, -0.1) is 10.2 Å². The highest BCUT2D eigenvalue weighted by atomic mass is 16.5. The normalized spacial score (nSPS) is 25.1. The van der Waals surface area contributed by atoms with Crippen molar-refractivity contribution in [3.8, 4) is 0 Å². The van der Waals surface area contributed by atoms with Crippen molar-refractivity contribution in [3.63, 3.8) is 0 Å². The van der Waals surface area contributed by atoms with Gasteiger partial charge in [0.15, 0.2) is 5.82 Å². The molecule has 84 valence electrons. The summed E-state index contributed by atoms with van der Waals surface area (Å²) in [5, 5.41) is 11.3. The van der Waals surface area contributed by atoms with Crippen LogP contribution < -0.4 is 5.32 Å². The molecule has 6 heteroatoms. The van der Waals surface area contributed by atoms with Crippen LogP contribution in [0.25, 0.3) is 5.65 Å². The topological polar surface area (TPSA) is 64.3 Å². The Balaban J connectivity index is 1.91. The maximum absolute atomic E-state index is 5.50. The molecule has 16 heavy (non-hydrogen) atoms. The third kappa shape index (κ3) is 1.51. The first-order valence-corrected chi connectivity index (χ1v) is 5.37. The minimum absolute atomic E-state index is 0.213. The van der Waals surface area contributed by atoms with Crippen molar-refractivity contribution in [3.05, 3.63) is 18.7 Å². The Kier molecular flexibility index (Phi) is 2.21. The van der Waals surface area contributed by atoms with Gasteiger partial charge in [0.25, 0.3) is 0 Å². The Hall–Kier alpha value is -1.69. The Morgan fingerprint density at radius 3 is 3.31 bits per heavy atom. The minimum Gasteiger partial charge on any atom is -0.376 e. The molecule has 0 bridgehead atoms. The first kappa shape index (κ1) is 9.53. The molecule has 1 fully saturated rings. The molecule has 1 saturated heterocycles. The average molecular weight is 219 g/mol. The smallest absolute Gasteiger partial charge is 0.203 e. The van der Waals surface area contributed by atoms with Gasteiger partial charge in [-0.3, -0.25) is 4.40 Å². The van der Waals surface area contributed by atoms with Gasteiger partial charge in [0.05, 0.1) is 12.1 Å². The fraction of sp³-hybridized carbons (Fsp3) is 0.500. The van der Waals surface area contributed by atoms with E-state index < -0.39 is 0 Å². The van der Waals surface area contributed by atoms with E-state index in [1.54, 1.807) is 12.5 Å². The highest BCUT2D eigenvalue weighted by molar-refractivity contribution is 5.61. The Labute approximate surface area is 92.7 Å². The second kappa shape index (κ2) is 3.71. The number of aromatic nitrogens is 4. The lowest BCUT2D eigenvalue weighted by molar-refractivity contribution is 0.121. The highest BCUT2D eigenvalue weighted by Gasteiger charge is 2.25. The average Bonchev–Trinajstić information content (AvgIpc) is 2.89. The second-order valence-corrected chi connectivity index (χ2v) is 3.95. The van der Waals surface area contributed by atoms with Crippen LogP contribution >= 0.6 is 0 Å². The molecule has 1 N–H and O–H groups in total. The molecule has 1 aliphatic heterocycles. The molecule has 0 spiro atoms. The summed E-state index contributed by atoms with van der Waals surface area (Å²) in [6.07, 6.45) is 6.44. The number of anilines is 1. The van der Waals surface area contributed by atoms with E-state index in [2.05, 4.69) is 27.4 Å². The molecular formula is C10H13N5O. The monoisotopic (exact) mass is 219 g/mol. The molecule has 2 unspecified atom stereocenters. The van der Waals surface area contributed by atoms with E-state index in [9.17, 15) is 0 Å². The lowest BCUT2D eigenvalue weighted by Crippen LogP contribution is -2.27. The molecule has 0 radical (unpaired) electrons. The van der Waals surface area contributed by atoms with Gasteiger partial charge in [-0.2, -0.15) is 0 Å². The highest BCUT2D eigenvalue weighted by Crippen LogP contribution is 2.19. The number of rotatable bonds is 2. The fourth-order valence-electron chi connectivity index (χ4n) is 1.96. The molecule has 0 aliphatic carbocycles. The molecule has 3 heterocycles. The van der Waals surface area contributed by atoms with Crippen LogP contribution in [0.4, 0.5) is 5.82 Å². The van der Waals surface area contributed by atoms with Gasteiger partial charge in [-0.25, -0.2) is 4.98 Å². The van der Waals surface area contributed by atoms with Crippen LogP contribution in [0.5, 0.6) is 0 Å². The molecule has 3 rings (SSSR count). The molecule has 6 nitrogen and oxygen atoms in total. The van der Waals surface area contributed by atoms with Crippen molar-refractivity contribution in [2.24, 2.45) is 0 Å². The van der Waals surface area contributed by atoms with Gasteiger partial charge in [0.1, 0.15) is 6.33 Å². The fourth-order valence-corrected chi connectivity index (χ4v) is 1.96. The zero-order chi connectivity index (χ0) is 11.0. The number of nitrogens with one attached hydrogen (secondary N) is 1. The molecular weight excluding hydrogens is 206 g/mol. The SMILES string of the molecule is CC1OCCC1Nc1nccn2cnnc12. The van der Waals surface area contributed by atoms with E-state index in [-0.39, 0.29) is 6.10 Å². The maximum Gasteiger partial charge on any atom is 0.203 e. The number of hydrogen-bond donors (Lipinski definition) is 1. The lowest BCUT2D eigenvalue weighted by atomic mass is 10.1.